The minimum atomic E-state index is -1.57. The summed E-state index contributed by atoms with van der Waals surface area (Å²) in [6.45, 7) is 3.64. The Morgan fingerprint density at radius 3 is 1.36 bits per heavy atom. The highest BCUT2D eigenvalue weighted by atomic mass is 16.7. The zero-order valence-electron chi connectivity index (χ0n) is 44.6. The molecule has 1 heterocycles. The number of unbranched alkanes of at least 4 members (excludes halogenated alkanes) is 31. The van der Waals surface area contributed by atoms with E-state index in [0.29, 0.717) is 6.42 Å². The molecule has 402 valence electrons. The van der Waals surface area contributed by atoms with Crippen LogP contribution in [0.5, 0.6) is 0 Å². The third kappa shape index (κ3) is 39.1. The van der Waals surface area contributed by atoms with Crippen molar-refractivity contribution in [3.8, 4) is 0 Å². The van der Waals surface area contributed by atoms with Crippen LogP contribution in [0.2, 0.25) is 0 Å². The van der Waals surface area contributed by atoms with Crippen molar-refractivity contribution in [3.63, 3.8) is 0 Å². The first kappa shape index (κ1) is 64.9. The molecule has 1 rings (SSSR count). The Bertz CT molecular complexity index is 1270. The summed E-state index contributed by atoms with van der Waals surface area (Å²) in [5.41, 5.74) is 0. The van der Waals surface area contributed by atoms with E-state index in [0.717, 1.165) is 57.8 Å². The fourth-order valence-corrected chi connectivity index (χ4v) is 8.95. The van der Waals surface area contributed by atoms with Gasteiger partial charge in [0, 0.05) is 6.42 Å². The zero-order chi connectivity index (χ0) is 50.1. The maximum Gasteiger partial charge on any atom is 0.220 e. The summed E-state index contributed by atoms with van der Waals surface area (Å²) in [6.07, 6.45) is 60.8. The Morgan fingerprint density at radius 1 is 0.493 bits per heavy atom. The molecule has 0 saturated carbocycles. The minimum absolute atomic E-state index is 0.189. The number of rotatable bonds is 49. The van der Waals surface area contributed by atoms with Crippen LogP contribution in [0.15, 0.2) is 60.8 Å². The van der Waals surface area contributed by atoms with Gasteiger partial charge in [-0.3, -0.25) is 4.79 Å². The van der Waals surface area contributed by atoms with Crippen molar-refractivity contribution < 1.29 is 39.8 Å². The number of ether oxygens (including phenoxy) is 2. The Morgan fingerprint density at radius 2 is 0.899 bits per heavy atom. The topological polar surface area (TPSA) is 149 Å². The van der Waals surface area contributed by atoms with Crippen LogP contribution in [-0.2, 0) is 14.3 Å². The van der Waals surface area contributed by atoms with Gasteiger partial charge in [-0.1, -0.05) is 248 Å². The molecule has 1 amide bonds. The monoisotopic (exact) mass is 972 g/mol. The van der Waals surface area contributed by atoms with Crippen LogP contribution in [0, 0.1) is 0 Å². The van der Waals surface area contributed by atoms with Crippen molar-refractivity contribution >= 4 is 5.91 Å². The smallest absolute Gasteiger partial charge is 0.220 e. The Kier molecular flexibility index (Phi) is 46.5. The number of carbonyl (C=O) groups excluding carboxylic acids is 1. The molecule has 0 aromatic carbocycles. The fourth-order valence-electron chi connectivity index (χ4n) is 8.95. The van der Waals surface area contributed by atoms with E-state index in [1.807, 2.05) is 6.08 Å². The van der Waals surface area contributed by atoms with Crippen molar-refractivity contribution in [2.24, 2.45) is 0 Å². The molecule has 0 aromatic rings. The van der Waals surface area contributed by atoms with Crippen molar-refractivity contribution in [3.05, 3.63) is 60.8 Å². The third-order valence-corrected chi connectivity index (χ3v) is 13.5. The Hall–Kier alpha value is -2.11. The van der Waals surface area contributed by atoms with E-state index in [-0.39, 0.29) is 12.5 Å². The molecule has 6 N–H and O–H groups in total. The summed E-state index contributed by atoms with van der Waals surface area (Å²) >= 11 is 0. The fraction of sp³-hybridized carbons (Fsp3) is 0.817. The van der Waals surface area contributed by atoms with Gasteiger partial charge in [0.05, 0.1) is 25.4 Å². The predicted molar refractivity (Wildman–Crippen MR) is 290 cm³/mol. The first-order valence-corrected chi connectivity index (χ1v) is 29.0. The molecular weight excluding hydrogens is 863 g/mol. The lowest BCUT2D eigenvalue weighted by atomic mass is 9.99. The highest BCUT2D eigenvalue weighted by molar-refractivity contribution is 5.76. The minimum Gasteiger partial charge on any atom is -0.394 e. The molecule has 9 heteroatoms. The van der Waals surface area contributed by atoms with Crippen LogP contribution in [0.3, 0.4) is 0 Å². The molecule has 7 atom stereocenters. The number of carbonyl (C=O) groups is 1. The number of hydrogen-bond acceptors (Lipinski definition) is 8. The van der Waals surface area contributed by atoms with Gasteiger partial charge in [0.2, 0.25) is 5.91 Å². The summed E-state index contributed by atoms with van der Waals surface area (Å²) in [5, 5.41) is 54.0. The lowest BCUT2D eigenvalue weighted by Gasteiger charge is -2.40. The van der Waals surface area contributed by atoms with Gasteiger partial charge in [-0.25, -0.2) is 0 Å². The molecule has 9 nitrogen and oxygen atoms in total. The van der Waals surface area contributed by atoms with Gasteiger partial charge in [-0.2, -0.15) is 0 Å². The molecule has 7 unspecified atom stereocenters. The molecule has 1 fully saturated rings. The second-order valence-electron chi connectivity index (χ2n) is 20.1. The predicted octanol–water partition coefficient (Wildman–Crippen LogP) is 14.3. The highest BCUT2D eigenvalue weighted by Gasteiger charge is 2.44. The van der Waals surface area contributed by atoms with E-state index < -0.39 is 49.5 Å². The maximum absolute atomic E-state index is 12.9. The first-order valence-electron chi connectivity index (χ1n) is 29.0. The van der Waals surface area contributed by atoms with Crippen molar-refractivity contribution in [2.45, 2.75) is 301 Å². The first-order chi connectivity index (χ1) is 33.8. The van der Waals surface area contributed by atoms with Crippen molar-refractivity contribution in [1.82, 2.24) is 5.32 Å². The van der Waals surface area contributed by atoms with Crippen LogP contribution in [-0.4, -0.2) is 87.5 Å². The van der Waals surface area contributed by atoms with Crippen LogP contribution in [0.4, 0.5) is 0 Å². The van der Waals surface area contributed by atoms with E-state index in [1.54, 1.807) is 6.08 Å². The van der Waals surface area contributed by atoms with E-state index in [4.69, 9.17) is 9.47 Å². The second kappa shape index (κ2) is 49.5. The normalized spacial score (nSPS) is 19.9. The molecule has 0 aromatic heterocycles. The molecule has 1 aliphatic rings. The number of nitrogens with one attached hydrogen (secondary N) is 1. The standard InChI is InChI=1S/C60H109NO8/c1-3-5-7-9-11-12-13-14-15-16-17-18-19-20-21-22-23-24-25-26-27-28-29-30-31-32-33-34-35-36-37-38-39-40-41-42-44-46-48-50-56(64)61-53(54(63)49-47-45-43-10-8-6-4-2)52-68-60-59(67)58(66)57(65)55(51-62)69-60/h8,10,13-14,16-17,19-20,47,49,53-55,57-60,62-63,65-67H,3-7,9,11-12,15,18,21-46,48,50-52H2,1-2H3,(H,61,64)/b10-8+,14-13-,17-16-,20-19-,49-47+. The SMILES string of the molecule is CCC/C=C/CC/C=C/C(O)C(COC1OC(CO)C(O)C(O)C1O)NC(=O)CCCCCCCCCCCCCCCCCCCCCCCCCC/C=C\C/C=C\C/C=C\CCCCCCC. The molecule has 0 radical (unpaired) electrons. The summed E-state index contributed by atoms with van der Waals surface area (Å²) in [7, 11) is 0. The maximum atomic E-state index is 12.9. The average molecular weight is 973 g/mol. The van der Waals surface area contributed by atoms with E-state index in [2.05, 4.69) is 67.8 Å². The Balaban J connectivity index is 1.97. The van der Waals surface area contributed by atoms with Gasteiger partial charge >= 0.3 is 0 Å². The third-order valence-electron chi connectivity index (χ3n) is 13.5. The number of aliphatic hydroxyl groups excluding tert-OH is 5. The zero-order valence-corrected chi connectivity index (χ0v) is 44.6. The number of amides is 1. The van der Waals surface area contributed by atoms with Gasteiger partial charge in [0.25, 0.3) is 0 Å². The largest absolute Gasteiger partial charge is 0.394 e. The van der Waals surface area contributed by atoms with E-state index in [9.17, 15) is 30.3 Å². The number of hydrogen-bond donors (Lipinski definition) is 6. The lowest BCUT2D eigenvalue weighted by Crippen LogP contribution is -2.60. The van der Waals surface area contributed by atoms with Gasteiger partial charge in [-0.05, 0) is 64.2 Å². The van der Waals surface area contributed by atoms with Gasteiger partial charge in [-0.15, -0.1) is 0 Å². The summed E-state index contributed by atoms with van der Waals surface area (Å²) < 4.78 is 11.2. The van der Waals surface area contributed by atoms with Crippen molar-refractivity contribution in [2.75, 3.05) is 13.2 Å². The highest BCUT2D eigenvalue weighted by Crippen LogP contribution is 2.23. The molecular formula is C60H109NO8. The number of aliphatic hydroxyl groups is 5. The summed E-state index contributed by atoms with van der Waals surface area (Å²) in [5.74, 6) is -0.189. The quantitative estimate of drug-likeness (QED) is 0.0261. The van der Waals surface area contributed by atoms with Gasteiger partial charge < -0.3 is 40.3 Å². The van der Waals surface area contributed by atoms with E-state index >= 15 is 0 Å². The van der Waals surface area contributed by atoms with Crippen LogP contribution < -0.4 is 5.32 Å². The average Bonchev–Trinajstić information content (AvgIpc) is 3.35. The summed E-state index contributed by atoms with van der Waals surface area (Å²) in [6, 6.07) is -0.818. The summed E-state index contributed by atoms with van der Waals surface area (Å²) in [4.78, 5) is 12.9. The van der Waals surface area contributed by atoms with Gasteiger partial charge in [0.15, 0.2) is 6.29 Å². The molecule has 1 saturated heterocycles. The molecule has 69 heavy (non-hydrogen) atoms. The lowest BCUT2D eigenvalue weighted by molar-refractivity contribution is -0.302. The van der Waals surface area contributed by atoms with Crippen LogP contribution in [0.25, 0.3) is 0 Å². The van der Waals surface area contributed by atoms with Gasteiger partial charge in [0.1, 0.15) is 24.4 Å². The van der Waals surface area contributed by atoms with Crippen molar-refractivity contribution in [1.29, 1.82) is 0 Å². The molecule has 0 bridgehead atoms. The van der Waals surface area contributed by atoms with E-state index in [1.165, 1.54) is 180 Å². The van der Waals surface area contributed by atoms with Crippen LogP contribution in [0.1, 0.15) is 258 Å². The molecule has 0 spiro atoms. The molecule has 1 aliphatic heterocycles. The Labute approximate surface area is 424 Å². The van der Waals surface area contributed by atoms with Crippen LogP contribution >= 0.6 is 0 Å². The second-order valence-corrected chi connectivity index (χ2v) is 20.1. The number of allylic oxidation sites excluding steroid dienone is 9. The molecule has 0 aliphatic carbocycles.